The summed E-state index contributed by atoms with van der Waals surface area (Å²) in [7, 11) is -1.94. The molecule has 0 saturated heterocycles. The van der Waals surface area contributed by atoms with Gasteiger partial charge in [0.1, 0.15) is 5.82 Å². The lowest BCUT2D eigenvalue weighted by Gasteiger charge is -2.04. The van der Waals surface area contributed by atoms with E-state index >= 15 is 0 Å². The molecule has 0 aliphatic carbocycles. The van der Waals surface area contributed by atoms with E-state index < -0.39 is 10.0 Å². The monoisotopic (exact) mass is 321 g/mol. The molecule has 0 atom stereocenters. The van der Waals surface area contributed by atoms with Gasteiger partial charge >= 0.3 is 5.69 Å². The highest BCUT2D eigenvalue weighted by Crippen LogP contribution is 2.12. The first kappa shape index (κ1) is 14.5. The van der Waals surface area contributed by atoms with Crippen molar-refractivity contribution in [1.29, 1.82) is 0 Å². The second-order valence-corrected chi connectivity index (χ2v) is 6.73. The molecule has 0 unspecified atom stereocenters. The average Bonchev–Trinajstić information content (AvgIpc) is 2.99. The number of benzene rings is 1. The van der Waals surface area contributed by atoms with E-state index in [1.807, 2.05) is 0 Å². The molecular weight excluding hydrogens is 306 g/mol. The minimum Gasteiger partial charge on any atom is -0.337 e. The number of nitrogens with zero attached hydrogens (tertiary/aromatic N) is 2. The number of aryl methyl sites for hydroxylation is 2. The molecule has 9 heteroatoms. The molecule has 2 heterocycles. The molecule has 1 aromatic carbocycles. The summed E-state index contributed by atoms with van der Waals surface area (Å²) in [5, 5.41) is -0.0105. The molecule has 22 heavy (non-hydrogen) atoms. The van der Waals surface area contributed by atoms with Crippen molar-refractivity contribution in [1.82, 2.24) is 24.2 Å². The first-order valence-electron chi connectivity index (χ1n) is 6.56. The Balaban J connectivity index is 1.81. The maximum Gasteiger partial charge on any atom is 0.323 e. The summed E-state index contributed by atoms with van der Waals surface area (Å²) in [5.41, 5.74) is 1.75. The summed E-state index contributed by atoms with van der Waals surface area (Å²) in [6, 6.07) is 5.19. The van der Waals surface area contributed by atoms with Crippen LogP contribution in [0.5, 0.6) is 0 Å². The molecule has 0 aliphatic heterocycles. The summed E-state index contributed by atoms with van der Waals surface area (Å²) in [6.07, 6.45) is 1.46. The minimum absolute atomic E-state index is 0.0105. The Morgan fingerprint density at radius 3 is 2.68 bits per heavy atom. The molecule has 0 aliphatic rings. The maximum absolute atomic E-state index is 12.2. The van der Waals surface area contributed by atoms with E-state index in [1.165, 1.54) is 6.20 Å². The summed E-state index contributed by atoms with van der Waals surface area (Å²) < 4.78 is 28.5. The highest BCUT2D eigenvalue weighted by Gasteiger charge is 2.18. The fourth-order valence-corrected chi connectivity index (χ4v) is 3.15. The summed E-state index contributed by atoms with van der Waals surface area (Å²) in [5.74, 6) is 0.617. The smallest absolute Gasteiger partial charge is 0.323 e. The van der Waals surface area contributed by atoms with Crippen LogP contribution in [0.15, 0.2) is 34.2 Å². The Labute approximate surface area is 126 Å². The molecule has 3 N–H and O–H groups in total. The van der Waals surface area contributed by atoms with E-state index in [9.17, 15) is 13.2 Å². The zero-order valence-electron chi connectivity index (χ0n) is 12.0. The predicted octanol–water partition coefficient (Wildman–Crippen LogP) is 0.377. The molecule has 0 radical (unpaired) electrons. The Morgan fingerprint density at radius 1 is 1.27 bits per heavy atom. The van der Waals surface area contributed by atoms with Crippen molar-refractivity contribution < 1.29 is 8.42 Å². The van der Waals surface area contributed by atoms with Crippen LogP contribution in [0.4, 0.5) is 0 Å². The van der Waals surface area contributed by atoms with Gasteiger partial charge in [-0.1, -0.05) is 6.07 Å². The first-order valence-corrected chi connectivity index (χ1v) is 8.04. The van der Waals surface area contributed by atoms with Crippen molar-refractivity contribution in [2.24, 2.45) is 7.05 Å². The van der Waals surface area contributed by atoms with Crippen molar-refractivity contribution >= 4 is 21.1 Å². The summed E-state index contributed by atoms with van der Waals surface area (Å²) >= 11 is 0. The number of aromatic amines is 2. The third kappa shape index (κ3) is 2.68. The maximum atomic E-state index is 12.2. The van der Waals surface area contributed by atoms with Crippen molar-refractivity contribution in [3.8, 4) is 0 Å². The van der Waals surface area contributed by atoms with Crippen LogP contribution in [0.3, 0.4) is 0 Å². The van der Waals surface area contributed by atoms with E-state index in [2.05, 4.69) is 19.7 Å². The highest BCUT2D eigenvalue weighted by molar-refractivity contribution is 7.89. The molecule has 0 bridgehead atoms. The second kappa shape index (κ2) is 5.11. The normalized spacial score (nSPS) is 12.1. The molecule has 3 aromatic rings. The number of aromatic nitrogens is 4. The van der Waals surface area contributed by atoms with E-state index in [1.54, 1.807) is 36.7 Å². The largest absolute Gasteiger partial charge is 0.337 e. The van der Waals surface area contributed by atoms with Gasteiger partial charge in [-0.25, -0.2) is 22.9 Å². The molecular formula is C13H15N5O3S. The third-order valence-corrected chi connectivity index (χ3v) is 4.68. The lowest BCUT2D eigenvalue weighted by Crippen LogP contribution is -2.23. The zero-order valence-corrected chi connectivity index (χ0v) is 12.9. The predicted molar refractivity (Wildman–Crippen MR) is 80.9 cm³/mol. The quantitative estimate of drug-likeness (QED) is 0.644. The SMILES string of the molecule is Cc1nc(S(=O)(=O)NCc2ccc3[nH]c(=O)[nH]c3c2)cn1C. The Kier molecular flexibility index (Phi) is 3.38. The minimum atomic E-state index is -3.67. The van der Waals surface area contributed by atoms with Gasteiger partial charge in [0, 0.05) is 19.8 Å². The molecule has 116 valence electrons. The lowest BCUT2D eigenvalue weighted by atomic mass is 10.2. The van der Waals surface area contributed by atoms with E-state index in [-0.39, 0.29) is 17.3 Å². The van der Waals surface area contributed by atoms with Crippen LogP contribution in [-0.2, 0) is 23.6 Å². The third-order valence-electron chi connectivity index (χ3n) is 3.41. The Bertz CT molecular complexity index is 977. The van der Waals surface area contributed by atoms with Crippen LogP contribution >= 0.6 is 0 Å². The Hall–Kier alpha value is -2.39. The summed E-state index contributed by atoms with van der Waals surface area (Å²) in [4.78, 5) is 20.5. The van der Waals surface area contributed by atoms with Gasteiger partial charge in [0.2, 0.25) is 0 Å². The number of rotatable bonds is 4. The zero-order chi connectivity index (χ0) is 15.9. The number of hydrogen-bond acceptors (Lipinski definition) is 4. The van der Waals surface area contributed by atoms with Crippen molar-refractivity contribution in [3.63, 3.8) is 0 Å². The molecule has 8 nitrogen and oxygen atoms in total. The van der Waals surface area contributed by atoms with Crippen molar-refractivity contribution in [2.45, 2.75) is 18.5 Å². The number of nitrogens with one attached hydrogen (secondary N) is 3. The molecule has 3 rings (SSSR count). The highest BCUT2D eigenvalue weighted by atomic mass is 32.2. The number of fused-ring (bicyclic) bond motifs is 1. The second-order valence-electron chi connectivity index (χ2n) is 5.02. The fourth-order valence-electron chi connectivity index (χ4n) is 2.10. The van der Waals surface area contributed by atoms with Crippen LogP contribution < -0.4 is 10.4 Å². The van der Waals surface area contributed by atoms with Crippen LogP contribution in [0.25, 0.3) is 11.0 Å². The van der Waals surface area contributed by atoms with Gasteiger partial charge in [-0.3, -0.25) is 0 Å². The number of imidazole rings is 2. The van der Waals surface area contributed by atoms with Gasteiger partial charge in [0.05, 0.1) is 11.0 Å². The van der Waals surface area contributed by atoms with E-state index in [0.717, 1.165) is 5.56 Å². The number of sulfonamides is 1. The van der Waals surface area contributed by atoms with E-state index in [4.69, 9.17) is 0 Å². The van der Waals surface area contributed by atoms with Crippen LogP contribution in [-0.4, -0.2) is 27.9 Å². The first-order chi connectivity index (χ1) is 10.3. The molecule has 0 fully saturated rings. The van der Waals surface area contributed by atoms with Gasteiger partial charge in [-0.15, -0.1) is 0 Å². The van der Waals surface area contributed by atoms with Crippen molar-refractivity contribution in [2.75, 3.05) is 0 Å². The van der Waals surface area contributed by atoms with Crippen molar-refractivity contribution in [3.05, 3.63) is 46.3 Å². The van der Waals surface area contributed by atoms with Crippen LogP contribution in [0.2, 0.25) is 0 Å². The van der Waals surface area contributed by atoms with Gasteiger partial charge < -0.3 is 14.5 Å². The lowest BCUT2D eigenvalue weighted by molar-refractivity contribution is 0.578. The van der Waals surface area contributed by atoms with Crippen LogP contribution in [0, 0.1) is 6.92 Å². The summed E-state index contributed by atoms with van der Waals surface area (Å²) in [6.45, 7) is 1.84. The Morgan fingerprint density at radius 2 is 2.00 bits per heavy atom. The fraction of sp³-hybridized carbons (Fsp3) is 0.231. The van der Waals surface area contributed by atoms with Gasteiger partial charge in [-0.05, 0) is 24.6 Å². The van der Waals surface area contributed by atoms with Gasteiger partial charge in [-0.2, -0.15) is 0 Å². The van der Waals surface area contributed by atoms with Crippen LogP contribution in [0.1, 0.15) is 11.4 Å². The average molecular weight is 321 g/mol. The standard InChI is InChI=1S/C13H15N5O3S/c1-8-15-12(7-18(8)2)22(20,21)14-6-9-3-4-10-11(5-9)17-13(19)16-10/h3-5,7,14H,6H2,1-2H3,(H2,16,17,19). The number of H-pyrrole nitrogens is 2. The van der Waals surface area contributed by atoms with E-state index in [0.29, 0.717) is 16.9 Å². The topological polar surface area (TPSA) is 113 Å². The molecule has 0 amide bonds. The number of hydrogen-bond donors (Lipinski definition) is 3. The molecule has 2 aromatic heterocycles. The molecule has 0 saturated carbocycles. The van der Waals surface area contributed by atoms with Gasteiger partial charge in [0.25, 0.3) is 10.0 Å². The van der Waals surface area contributed by atoms with Gasteiger partial charge in [0.15, 0.2) is 5.03 Å². The molecule has 0 spiro atoms.